The van der Waals surface area contributed by atoms with Gasteiger partial charge in [-0.2, -0.15) is 0 Å². The predicted molar refractivity (Wildman–Crippen MR) is 95.3 cm³/mol. The number of carbonyl (C=O) groups excluding carboxylic acids is 4. The first-order valence-corrected chi connectivity index (χ1v) is 9.16. The van der Waals surface area contributed by atoms with Crippen LogP contribution in [0.4, 0.5) is 0 Å². The van der Waals surface area contributed by atoms with Crippen LogP contribution in [-0.4, -0.2) is 74.4 Å². The Bertz CT molecular complexity index is 764. The molecule has 3 rings (SSSR count). The molecule has 0 aromatic carbocycles. The monoisotopic (exact) mass is 392 g/mol. The molecule has 0 radical (unpaired) electrons. The van der Waals surface area contributed by atoms with E-state index < -0.39 is 53.8 Å². The summed E-state index contributed by atoms with van der Waals surface area (Å²) in [6.45, 7) is 1.80. The number of rotatable bonds is 7. The number of primary amides is 1. The Morgan fingerprint density at radius 2 is 2.21 bits per heavy atom. The van der Waals surface area contributed by atoms with Crippen LogP contribution in [0.25, 0.3) is 0 Å². The van der Waals surface area contributed by atoms with Crippen molar-refractivity contribution in [1.82, 2.24) is 25.5 Å². The standard InChI is InChI=1S/C17H24N6O5/c1-8(24)12-13(22-15(12)26)16(27)21-10(5-9-6-19-7-20-9)17(28)23-4-2-3-11(23)14(18)25/h6-8,10-13,24H,2-5H2,1H3,(H2,18,25)(H,19,20)(H,21,27)(H,22,26)/t8?,10-,11-,12+,13-/m0/s1. The molecule has 5 atom stereocenters. The van der Waals surface area contributed by atoms with Gasteiger partial charge in [0.1, 0.15) is 18.1 Å². The lowest BCUT2D eigenvalue weighted by Crippen LogP contribution is -2.69. The highest BCUT2D eigenvalue weighted by atomic mass is 16.3. The van der Waals surface area contributed by atoms with Crippen LogP contribution < -0.4 is 16.4 Å². The van der Waals surface area contributed by atoms with Crippen molar-refractivity contribution in [1.29, 1.82) is 0 Å². The van der Waals surface area contributed by atoms with E-state index in [4.69, 9.17) is 5.73 Å². The van der Waals surface area contributed by atoms with E-state index in [0.29, 0.717) is 25.1 Å². The molecule has 11 nitrogen and oxygen atoms in total. The molecule has 4 amide bonds. The number of carbonyl (C=O) groups is 4. The molecule has 0 saturated carbocycles. The Labute approximate surface area is 161 Å². The Morgan fingerprint density at radius 1 is 1.46 bits per heavy atom. The Balaban J connectivity index is 1.75. The fraction of sp³-hybridized carbons (Fsp3) is 0.588. The summed E-state index contributed by atoms with van der Waals surface area (Å²) in [7, 11) is 0. The van der Waals surface area contributed by atoms with Crippen molar-refractivity contribution >= 4 is 23.6 Å². The normalized spacial score (nSPS) is 26.1. The lowest BCUT2D eigenvalue weighted by atomic mass is 9.85. The predicted octanol–water partition coefficient (Wildman–Crippen LogP) is -2.59. The van der Waals surface area contributed by atoms with Crippen LogP contribution in [0.3, 0.4) is 0 Å². The molecule has 1 aromatic rings. The van der Waals surface area contributed by atoms with Gasteiger partial charge >= 0.3 is 0 Å². The van der Waals surface area contributed by atoms with E-state index in [1.165, 1.54) is 18.2 Å². The van der Waals surface area contributed by atoms with Gasteiger partial charge in [-0.15, -0.1) is 0 Å². The van der Waals surface area contributed by atoms with Gasteiger partial charge in [-0.3, -0.25) is 19.2 Å². The minimum Gasteiger partial charge on any atom is -0.392 e. The number of aromatic amines is 1. The van der Waals surface area contributed by atoms with Gasteiger partial charge in [-0.1, -0.05) is 0 Å². The summed E-state index contributed by atoms with van der Waals surface area (Å²) in [4.78, 5) is 57.2. The Hall–Kier alpha value is -2.95. The molecule has 0 bridgehead atoms. The zero-order valence-electron chi connectivity index (χ0n) is 15.4. The van der Waals surface area contributed by atoms with E-state index in [0.717, 1.165) is 0 Å². The highest BCUT2D eigenvalue weighted by Gasteiger charge is 2.48. The molecule has 152 valence electrons. The van der Waals surface area contributed by atoms with Crippen molar-refractivity contribution in [3.63, 3.8) is 0 Å². The first kappa shape index (κ1) is 19.8. The van der Waals surface area contributed by atoms with Gasteiger partial charge in [0.05, 0.1) is 24.0 Å². The lowest BCUT2D eigenvalue weighted by Gasteiger charge is -2.38. The Morgan fingerprint density at radius 3 is 2.79 bits per heavy atom. The van der Waals surface area contributed by atoms with Gasteiger partial charge in [-0.25, -0.2) is 4.98 Å². The number of amides is 4. The number of nitrogens with two attached hydrogens (primary N) is 1. The number of H-pyrrole nitrogens is 1. The molecule has 1 aromatic heterocycles. The summed E-state index contributed by atoms with van der Waals surface area (Å²) in [6, 6.07) is -2.62. The van der Waals surface area contributed by atoms with Gasteiger partial charge in [0, 0.05) is 19.2 Å². The van der Waals surface area contributed by atoms with E-state index in [1.807, 2.05) is 0 Å². The number of aromatic nitrogens is 2. The summed E-state index contributed by atoms with van der Waals surface area (Å²) in [5, 5.41) is 14.8. The fourth-order valence-electron chi connectivity index (χ4n) is 3.72. The van der Waals surface area contributed by atoms with Crippen LogP contribution in [-0.2, 0) is 25.6 Å². The van der Waals surface area contributed by atoms with E-state index in [-0.39, 0.29) is 6.42 Å². The zero-order valence-corrected chi connectivity index (χ0v) is 15.4. The summed E-state index contributed by atoms with van der Waals surface area (Å²) in [5.41, 5.74) is 5.95. The number of aliphatic hydroxyl groups excluding tert-OH is 1. The molecule has 2 aliphatic heterocycles. The molecule has 11 heteroatoms. The molecule has 28 heavy (non-hydrogen) atoms. The summed E-state index contributed by atoms with van der Waals surface area (Å²) < 4.78 is 0. The third-order valence-corrected chi connectivity index (χ3v) is 5.21. The topological polar surface area (TPSA) is 171 Å². The minimum atomic E-state index is -0.997. The molecular formula is C17H24N6O5. The van der Waals surface area contributed by atoms with Crippen molar-refractivity contribution in [2.75, 3.05) is 6.54 Å². The van der Waals surface area contributed by atoms with Gasteiger partial charge in [0.2, 0.25) is 23.6 Å². The molecule has 0 aliphatic carbocycles. The third-order valence-electron chi connectivity index (χ3n) is 5.21. The quantitative estimate of drug-likeness (QED) is 0.319. The second-order valence-electron chi connectivity index (χ2n) is 7.17. The van der Waals surface area contributed by atoms with Gasteiger partial charge in [-0.05, 0) is 19.8 Å². The molecular weight excluding hydrogens is 368 g/mol. The van der Waals surface area contributed by atoms with Crippen LogP contribution in [0, 0.1) is 5.92 Å². The van der Waals surface area contributed by atoms with E-state index >= 15 is 0 Å². The van der Waals surface area contributed by atoms with Crippen molar-refractivity contribution in [2.24, 2.45) is 11.7 Å². The molecule has 6 N–H and O–H groups in total. The van der Waals surface area contributed by atoms with Crippen molar-refractivity contribution in [3.8, 4) is 0 Å². The zero-order chi connectivity index (χ0) is 20.4. The molecule has 2 fully saturated rings. The number of nitrogens with one attached hydrogen (secondary N) is 3. The van der Waals surface area contributed by atoms with E-state index in [9.17, 15) is 24.3 Å². The van der Waals surface area contributed by atoms with Crippen molar-refractivity contribution in [3.05, 3.63) is 18.2 Å². The summed E-state index contributed by atoms with van der Waals surface area (Å²) in [5.74, 6) is -2.88. The van der Waals surface area contributed by atoms with Crippen LogP contribution in [0.15, 0.2) is 12.5 Å². The maximum Gasteiger partial charge on any atom is 0.246 e. The number of nitrogens with zero attached hydrogens (tertiary/aromatic N) is 2. The lowest BCUT2D eigenvalue weighted by molar-refractivity contribution is -0.150. The second kappa shape index (κ2) is 7.97. The number of hydrogen-bond donors (Lipinski definition) is 5. The first-order chi connectivity index (χ1) is 13.3. The molecule has 1 unspecified atom stereocenters. The van der Waals surface area contributed by atoms with Crippen LogP contribution in [0.1, 0.15) is 25.5 Å². The largest absolute Gasteiger partial charge is 0.392 e. The SMILES string of the molecule is CC(O)[C@H]1C(=O)N[C@@H]1C(=O)N[C@@H](Cc1c[nH]cn1)C(=O)N1CCC[C@H]1C(N)=O. The van der Waals surface area contributed by atoms with Crippen molar-refractivity contribution < 1.29 is 24.3 Å². The average molecular weight is 392 g/mol. The van der Waals surface area contributed by atoms with Crippen LogP contribution in [0.5, 0.6) is 0 Å². The number of aliphatic hydroxyl groups is 1. The van der Waals surface area contributed by atoms with Crippen LogP contribution in [0.2, 0.25) is 0 Å². The minimum absolute atomic E-state index is 0.107. The fourth-order valence-corrected chi connectivity index (χ4v) is 3.72. The van der Waals surface area contributed by atoms with Crippen LogP contribution >= 0.6 is 0 Å². The molecule has 2 saturated heterocycles. The van der Waals surface area contributed by atoms with Crippen molar-refractivity contribution in [2.45, 2.75) is 50.4 Å². The number of imidazole rings is 1. The summed E-state index contributed by atoms with van der Waals surface area (Å²) in [6.07, 6.45) is 3.29. The smallest absolute Gasteiger partial charge is 0.246 e. The molecule has 0 spiro atoms. The van der Waals surface area contributed by atoms with E-state index in [2.05, 4.69) is 20.6 Å². The second-order valence-corrected chi connectivity index (χ2v) is 7.17. The number of hydrogen-bond acceptors (Lipinski definition) is 6. The van der Waals surface area contributed by atoms with Gasteiger partial charge in [0.25, 0.3) is 0 Å². The Kier molecular flexibility index (Phi) is 5.63. The maximum absolute atomic E-state index is 13.1. The third kappa shape index (κ3) is 3.84. The number of β-lactam (4-membered cyclic amide) rings is 1. The van der Waals surface area contributed by atoms with E-state index in [1.54, 1.807) is 6.20 Å². The summed E-state index contributed by atoms with van der Waals surface area (Å²) >= 11 is 0. The number of likely N-dealkylation sites (tertiary alicyclic amines) is 1. The van der Waals surface area contributed by atoms with Gasteiger partial charge < -0.3 is 31.4 Å². The average Bonchev–Trinajstić information content (AvgIpc) is 3.29. The molecule has 3 heterocycles. The van der Waals surface area contributed by atoms with Gasteiger partial charge in [0.15, 0.2) is 0 Å². The highest BCUT2D eigenvalue weighted by Crippen LogP contribution is 2.21. The first-order valence-electron chi connectivity index (χ1n) is 9.16. The highest BCUT2D eigenvalue weighted by molar-refractivity contribution is 6.01. The maximum atomic E-state index is 13.1. The molecule has 2 aliphatic rings.